The van der Waals surface area contributed by atoms with Crippen molar-refractivity contribution < 1.29 is 9.53 Å². The second-order valence-electron chi connectivity index (χ2n) is 5.36. The summed E-state index contributed by atoms with van der Waals surface area (Å²) in [6, 6.07) is 3.81. The van der Waals surface area contributed by atoms with Crippen molar-refractivity contribution in [3.63, 3.8) is 0 Å². The van der Waals surface area contributed by atoms with E-state index in [1.165, 1.54) is 19.3 Å². The molecule has 1 saturated carbocycles. The minimum absolute atomic E-state index is 0.0201. The minimum atomic E-state index is 0.0201. The molecule has 2 heterocycles. The van der Waals surface area contributed by atoms with Gasteiger partial charge in [-0.3, -0.25) is 4.79 Å². The Morgan fingerprint density at radius 2 is 2.11 bits per heavy atom. The van der Waals surface area contributed by atoms with Gasteiger partial charge in [0.25, 0.3) is 5.91 Å². The number of piperidine rings is 1. The van der Waals surface area contributed by atoms with Crippen LogP contribution in [0.5, 0.6) is 5.88 Å². The van der Waals surface area contributed by atoms with Crippen LogP contribution in [-0.4, -0.2) is 40.7 Å². The molecule has 1 aliphatic carbocycles. The van der Waals surface area contributed by atoms with Gasteiger partial charge < -0.3 is 9.64 Å². The van der Waals surface area contributed by atoms with E-state index in [-0.39, 0.29) is 5.91 Å². The van der Waals surface area contributed by atoms with E-state index in [0.717, 1.165) is 19.4 Å². The quantitative estimate of drug-likeness (QED) is 0.815. The number of methoxy groups -OCH3 is 1. The van der Waals surface area contributed by atoms with Crippen molar-refractivity contribution in [1.82, 2.24) is 15.1 Å². The zero-order valence-corrected chi connectivity index (χ0v) is 11.2. The second-order valence-corrected chi connectivity index (χ2v) is 5.36. The molecule has 5 nitrogen and oxygen atoms in total. The van der Waals surface area contributed by atoms with Gasteiger partial charge in [0.15, 0.2) is 5.69 Å². The van der Waals surface area contributed by atoms with Crippen LogP contribution in [0.1, 0.15) is 42.6 Å². The fourth-order valence-corrected chi connectivity index (χ4v) is 3.40. The lowest BCUT2D eigenvalue weighted by molar-refractivity contribution is 0.0541. The van der Waals surface area contributed by atoms with Gasteiger partial charge in [0.2, 0.25) is 5.88 Å². The fraction of sp³-hybridized carbons (Fsp3) is 0.643. The maximum absolute atomic E-state index is 12.5. The van der Waals surface area contributed by atoms with Crippen molar-refractivity contribution in [1.29, 1.82) is 0 Å². The zero-order valence-electron chi connectivity index (χ0n) is 11.2. The van der Waals surface area contributed by atoms with Crippen LogP contribution in [0.15, 0.2) is 12.1 Å². The predicted octanol–water partition coefficient (Wildman–Crippen LogP) is 1.89. The number of amides is 1. The smallest absolute Gasteiger partial charge is 0.274 e. The molecule has 0 radical (unpaired) electrons. The molecule has 3 rings (SSSR count). The molecule has 1 saturated heterocycles. The van der Waals surface area contributed by atoms with E-state index in [1.54, 1.807) is 19.2 Å². The highest BCUT2D eigenvalue weighted by Gasteiger charge is 2.37. The van der Waals surface area contributed by atoms with Gasteiger partial charge in [-0.1, -0.05) is 6.42 Å². The monoisotopic (exact) mass is 261 g/mol. The fourth-order valence-electron chi connectivity index (χ4n) is 3.40. The molecule has 1 aromatic heterocycles. The number of hydrogen-bond acceptors (Lipinski definition) is 4. The van der Waals surface area contributed by atoms with Crippen molar-refractivity contribution in [2.24, 2.45) is 5.92 Å². The van der Waals surface area contributed by atoms with Gasteiger partial charge >= 0.3 is 0 Å². The first-order valence-electron chi connectivity index (χ1n) is 6.98. The molecule has 2 fully saturated rings. The molecular formula is C14H19N3O2. The summed E-state index contributed by atoms with van der Waals surface area (Å²) in [5.41, 5.74) is 0.424. The van der Waals surface area contributed by atoms with Crippen LogP contribution in [0.4, 0.5) is 0 Å². The lowest BCUT2D eigenvalue weighted by Crippen LogP contribution is -2.46. The number of hydrogen-bond donors (Lipinski definition) is 0. The second kappa shape index (κ2) is 5.15. The Hall–Kier alpha value is -1.65. The average Bonchev–Trinajstić information content (AvgIpc) is 2.95. The maximum atomic E-state index is 12.5. The summed E-state index contributed by atoms with van der Waals surface area (Å²) in [5, 5.41) is 7.85. The number of carbonyl (C=O) groups is 1. The molecule has 0 N–H and O–H groups in total. The molecule has 19 heavy (non-hydrogen) atoms. The molecule has 0 aromatic carbocycles. The third kappa shape index (κ3) is 2.29. The summed E-state index contributed by atoms with van der Waals surface area (Å²) in [6.45, 7) is 0.855. The summed E-state index contributed by atoms with van der Waals surface area (Å²) in [7, 11) is 1.54. The van der Waals surface area contributed by atoms with Crippen LogP contribution in [0, 0.1) is 5.92 Å². The van der Waals surface area contributed by atoms with E-state index in [4.69, 9.17) is 4.74 Å². The number of nitrogens with zero attached hydrogens (tertiary/aromatic N) is 3. The summed E-state index contributed by atoms with van der Waals surface area (Å²) in [4.78, 5) is 14.5. The van der Waals surface area contributed by atoms with Crippen molar-refractivity contribution in [2.75, 3.05) is 13.7 Å². The van der Waals surface area contributed by atoms with E-state index in [0.29, 0.717) is 23.5 Å². The molecule has 2 aliphatic rings. The van der Waals surface area contributed by atoms with Crippen molar-refractivity contribution in [3.05, 3.63) is 17.8 Å². The highest BCUT2D eigenvalue weighted by Crippen LogP contribution is 2.37. The number of carbonyl (C=O) groups excluding carboxylic acids is 1. The van der Waals surface area contributed by atoms with Gasteiger partial charge in [-0.05, 0) is 37.7 Å². The average molecular weight is 261 g/mol. The largest absolute Gasteiger partial charge is 0.480 e. The summed E-state index contributed by atoms with van der Waals surface area (Å²) < 4.78 is 4.97. The van der Waals surface area contributed by atoms with E-state index in [9.17, 15) is 4.79 Å². The Bertz CT molecular complexity index is 460. The van der Waals surface area contributed by atoms with Crippen molar-refractivity contribution >= 4 is 5.91 Å². The van der Waals surface area contributed by atoms with Crippen LogP contribution in [0.3, 0.4) is 0 Å². The molecule has 0 spiro atoms. The van der Waals surface area contributed by atoms with E-state index in [2.05, 4.69) is 10.2 Å². The van der Waals surface area contributed by atoms with Crippen molar-refractivity contribution in [3.8, 4) is 5.88 Å². The zero-order chi connectivity index (χ0) is 13.2. The first-order chi connectivity index (χ1) is 9.29. The third-order valence-corrected chi connectivity index (χ3v) is 4.32. The van der Waals surface area contributed by atoms with E-state index < -0.39 is 0 Å². The van der Waals surface area contributed by atoms with Crippen LogP contribution < -0.4 is 4.74 Å². The van der Waals surface area contributed by atoms with E-state index >= 15 is 0 Å². The topological polar surface area (TPSA) is 55.3 Å². The van der Waals surface area contributed by atoms with Gasteiger partial charge in [0.05, 0.1) is 7.11 Å². The van der Waals surface area contributed by atoms with Gasteiger partial charge in [-0.25, -0.2) is 0 Å². The molecule has 1 amide bonds. The first-order valence-corrected chi connectivity index (χ1v) is 6.98. The Morgan fingerprint density at radius 3 is 2.84 bits per heavy atom. The number of aromatic nitrogens is 2. The van der Waals surface area contributed by atoms with Gasteiger partial charge in [-0.15, -0.1) is 10.2 Å². The Morgan fingerprint density at radius 1 is 1.26 bits per heavy atom. The standard InChI is InChI=1S/C14H19N3O2/c1-19-13-8-7-11(15-16-13)14(18)17-9-3-5-10-4-2-6-12(10)17/h7-8,10,12H,2-6,9H2,1H3/t10-,12+/m0/s1. The van der Waals surface area contributed by atoms with Gasteiger partial charge in [-0.2, -0.15) is 0 Å². The SMILES string of the molecule is COc1ccc(C(=O)N2CCC[C@@H]3CCC[C@H]32)nn1. The molecule has 0 unspecified atom stereocenters. The lowest BCUT2D eigenvalue weighted by atomic mass is 9.92. The molecule has 1 aromatic rings. The first kappa shape index (κ1) is 12.4. The van der Waals surface area contributed by atoms with Gasteiger partial charge in [0.1, 0.15) is 0 Å². The number of rotatable bonds is 2. The summed E-state index contributed by atoms with van der Waals surface area (Å²) in [6.07, 6.45) is 6.02. The molecule has 1 aliphatic heterocycles. The molecule has 102 valence electrons. The number of ether oxygens (including phenoxy) is 1. The van der Waals surface area contributed by atoms with Crippen molar-refractivity contribution in [2.45, 2.75) is 38.1 Å². The highest BCUT2D eigenvalue weighted by atomic mass is 16.5. The van der Waals surface area contributed by atoms with Gasteiger partial charge in [0, 0.05) is 18.7 Å². The number of fused-ring (bicyclic) bond motifs is 1. The van der Waals surface area contributed by atoms with Crippen LogP contribution in [0.2, 0.25) is 0 Å². The normalized spacial score (nSPS) is 26.1. The number of likely N-dealkylation sites (tertiary alicyclic amines) is 1. The van der Waals surface area contributed by atoms with Crippen LogP contribution in [0.25, 0.3) is 0 Å². The lowest BCUT2D eigenvalue weighted by Gasteiger charge is -2.37. The minimum Gasteiger partial charge on any atom is -0.480 e. The van der Waals surface area contributed by atoms with Crippen LogP contribution in [-0.2, 0) is 0 Å². The highest BCUT2D eigenvalue weighted by molar-refractivity contribution is 5.92. The maximum Gasteiger partial charge on any atom is 0.274 e. The predicted molar refractivity (Wildman–Crippen MR) is 70.0 cm³/mol. The Balaban J connectivity index is 1.78. The molecule has 2 atom stereocenters. The molecular weight excluding hydrogens is 242 g/mol. The summed E-state index contributed by atoms with van der Waals surface area (Å²) >= 11 is 0. The third-order valence-electron chi connectivity index (χ3n) is 4.32. The summed E-state index contributed by atoms with van der Waals surface area (Å²) in [5.74, 6) is 1.16. The Kier molecular flexibility index (Phi) is 3.36. The molecule has 0 bridgehead atoms. The molecule has 5 heteroatoms. The van der Waals surface area contributed by atoms with E-state index in [1.807, 2.05) is 4.90 Å². The van der Waals surface area contributed by atoms with Crippen LogP contribution >= 0.6 is 0 Å². The Labute approximate surface area is 113 Å².